The van der Waals surface area contributed by atoms with Crippen LogP contribution < -0.4 is 5.32 Å². The summed E-state index contributed by atoms with van der Waals surface area (Å²) in [7, 11) is 0. The molecule has 1 nitrogen and oxygen atoms in total. The lowest BCUT2D eigenvalue weighted by atomic mass is 9.91. The highest BCUT2D eigenvalue weighted by Gasteiger charge is 2.17. The maximum Gasteiger partial charge on any atom is 0.126 e. The molecule has 0 saturated carbocycles. The van der Waals surface area contributed by atoms with Gasteiger partial charge in [-0.25, -0.2) is 4.39 Å². The van der Waals surface area contributed by atoms with Gasteiger partial charge in [0.05, 0.1) is 0 Å². The van der Waals surface area contributed by atoms with E-state index in [9.17, 15) is 4.39 Å². The molecule has 112 valence electrons. The van der Waals surface area contributed by atoms with Gasteiger partial charge >= 0.3 is 0 Å². The first-order valence-corrected chi connectivity index (χ1v) is 7.76. The van der Waals surface area contributed by atoms with Crippen molar-refractivity contribution in [3.8, 4) is 0 Å². The molecule has 4 heteroatoms. The van der Waals surface area contributed by atoms with Gasteiger partial charge in [-0.05, 0) is 42.3 Å². The van der Waals surface area contributed by atoms with Crippen LogP contribution in [0.25, 0.3) is 0 Å². The Labute approximate surface area is 135 Å². The van der Waals surface area contributed by atoms with E-state index in [0.717, 1.165) is 12.1 Å². The van der Waals surface area contributed by atoms with Crippen molar-refractivity contribution in [3.63, 3.8) is 0 Å². The molecule has 2 aromatic rings. The molecule has 2 aromatic carbocycles. The minimum Gasteiger partial charge on any atom is -0.316 e. The molecular formula is C17H18Cl2FN. The van der Waals surface area contributed by atoms with Crippen LogP contribution in [0.3, 0.4) is 0 Å². The predicted molar refractivity (Wildman–Crippen MR) is 87.9 cm³/mol. The first-order valence-electron chi connectivity index (χ1n) is 7.01. The summed E-state index contributed by atoms with van der Waals surface area (Å²) in [6.07, 6.45) is 0.671. The summed E-state index contributed by atoms with van der Waals surface area (Å²) in [6, 6.07) is 12.3. The van der Waals surface area contributed by atoms with Gasteiger partial charge < -0.3 is 5.32 Å². The molecule has 0 amide bonds. The molecule has 0 aliphatic carbocycles. The zero-order valence-corrected chi connectivity index (χ0v) is 13.4. The lowest BCUT2D eigenvalue weighted by Gasteiger charge is -2.19. The van der Waals surface area contributed by atoms with E-state index in [1.165, 1.54) is 6.07 Å². The van der Waals surface area contributed by atoms with Crippen LogP contribution in [0.4, 0.5) is 4.39 Å². The summed E-state index contributed by atoms with van der Waals surface area (Å²) in [6.45, 7) is 3.59. The normalized spacial score (nSPS) is 12.4. The van der Waals surface area contributed by atoms with Gasteiger partial charge in [-0.2, -0.15) is 0 Å². The summed E-state index contributed by atoms with van der Waals surface area (Å²) in [4.78, 5) is 0. The summed E-state index contributed by atoms with van der Waals surface area (Å²) in [5, 5.41) is 4.52. The van der Waals surface area contributed by atoms with E-state index in [1.807, 2.05) is 31.2 Å². The monoisotopic (exact) mass is 325 g/mol. The molecule has 1 atom stereocenters. The Bertz CT molecular complexity index is 601. The van der Waals surface area contributed by atoms with Gasteiger partial charge in [-0.3, -0.25) is 0 Å². The van der Waals surface area contributed by atoms with Crippen LogP contribution in [0.2, 0.25) is 10.0 Å². The molecule has 0 fully saturated rings. The number of benzene rings is 2. The number of hydrogen-bond acceptors (Lipinski definition) is 1. The lowest BCUT2D eigenvalue weighted by Crippen LogP contribution is -2.23. The van der Waals surface area contributed by atoms with Gasteiger partial charge in [-0.15, -0.1) is 0 Å². The number of halogens is 3. The number of likely N-dealkylation sites (N-methyl/N-ethyl adjacent to an activating group) is 1. The van der Waals surface area contributed by atoms with Crippen molar-refractivity contribution < 1.29 is 4.39 Å². The standard InChI is InChI=1S/C17H18Cl2FN/c1-2-21-11-13(15-5-3-4-6-17(15)20)9-12-7-8-14(18)10-16(12)19/h3-8,10,13,21H,2,9,11H2,1H3. The predicted octanol–water partition coefficient (Wildman–Crippen LogP) is 5.07. The lowest BCUT2D eigenvalue weighted by molar-refractivity contribution is 0.544. The zero-order valence-electron chi connectivity index (χ0n) is 11.9. The maximum absolute atomic E-state index is 14.1. The highest BCUT2D eigenvalue weighted by Crippen LogP contribution is 2.28. The van der Waals surface area contributed by atoms with Crippen molar-refractivity contribution in [2.75, 3.05) is 13.1 Å². The fraction of sp³-hybridized carbons (Fsp3) is 0.294. The Hall–Kier alpha value is -1.09. The van der Waals surface area contributed by atoms with Crippen LogP contribution in [0.1, 0.15) is 24.0 Å². The SMILES string of the molecule is CCNCC(Cc1ccc(Cl)cc1Cl)c1ccccc1F. The molecule has 0 heterocycles. The van der Waals surface area contributed by atoms with Crippen molar-refractivity contribution in [2.24, 2.45) is 0 Å². The van der Waals surface area contributed by atoms with Crippen LogP contribution in [0, 0.1) is 5.82 Å². The minimum absolute atomic E-state index is 0.0322. The Kier molecular flexibility index (Phi) is 6.04. The largest absolute Gasteiger partial charge is 0.316 e. The summed E-state index contributed by atoms with van der Waals surface area (Å²) in [5.41, 5.74) is 1.69. The first kappa shape index (κ1) is 16.3. The van der Waals surface area contributed by atoms with Gasteiger partial charge in [-0.1, -0.05) is 54.4 Å². The van der Waals surface area contributed by atoms with Crippen LogP contribution >= 0.6 is 23.2 Å². The molecule has 0 bridgehead atoms. The van der Waals surface area contributed by atoms with Crippen molar-refractivity contribution in [1.29, 1.82) is 0 Å². The Morgan fingerprint density at radius 2 is 1.90 bits per heavy atom. The second-order valence-corrected chi connectivity index (χ2v) is 5.81. The maximum atomic E-state index is 14.1. The minimum atomic E-state index is -0.175. The number of hydrogen-bond donors (Lipinski definition) is 1. The topological polar surface area (TPSA) is 12.0 Å². The van der Waals surface area contributed by atoms with Gasteiger partial charge in [0, 0.05) is 22.5 Å². The molecule has 2 rings (SSSR count). The summed E-state index contributed by atoms with van der Waals surface area (Å²) >= 11 is 12.2. The molecule has 0 spiro atoms. The van der Waals surface area contributed by atoms with E-state index < -0.39 is 0 Å². The third-order valence-electron chi connectivity index (χ3n) is 3.47. The van der Waals surface area contributed by atoms with Crippen LogP contribution in [-0.2, 0) is 6.42 Å². The molecule has 0 saturated heterocycles. The van der Waals surface area contributed by atoms with Crippen molar-refractivity contribution in [3.05, 3.63) is 69.5 Å². The van der Waals surface area contributed by atoms with Crippen LogP contribution in [0.5, 0.6) is 0 Å². The molecular weight excluding hydrogens is 308 g/mol. The van der Waals surface area contributed by atoms with Crippen molar-refractivity contribution in [2.45, 2.75) is 19.3 Å². The number of nitrogens with one attached hydrogen (secondary N) is 1. The first-order chi connectivity index (χ1) is 10.1. The smallest absolute Gasteiger partial charge is 0.126 e. The Morgan fingerprint density at radius 1 is 1.14 bits per heavy atom. The fourth-order valence-electron chi connectivity index (χ4n) is 2.37. The second kappa shape index (κ2) is 7.79. The summed E-state index contributed by atoms with van der Waals surface area (Å²) in [5.74, 6) is -0.143. The van der Waals surface area contributed by atoms with Gasteiger partial charge in [0.25, 0.3) is 0 Å². The summed E-state index contributed by atoms with van der Waals surface area (Å²) < 4.78 is 14.1. The van der Waals surface area contributed by atoms with Gasteiger partial charge in [0.15, 0.2) is 0 Å². The zero-order chi connectivity index (χ0) is 15.2. The van der Waals surface area contributed by atoms with Crippen LogP contribution in [0.15, 0.2) is 42.5 Å². The average Bonchev–Trinajstić information content (AvgIpc) is 2.46. The average molecular weight is 326 g/mol. The molecule has 1 unspecified atom stereocenters. The van der Waals surface area contributed by atoms with Crippen LogP contribution in [-0.4, -0.2) is 13.1 Å². The molecule has 0 aromatic heterocycles. The molecule has 0 aliphatic heterocycles. The molecule has 0 radical (unpaired) electrons. The highest BCUT2D eigenvalue weighted by molar-refractivity contribution is 6.35. The van der Waals surface area contributed by atoms with E-state index >= 15 is 0 Å². The Morgan fingerprint density at radius 3 is 2.57 bits per heavy atom. The van der Waals surface area contributed by atoms with Crippen molar-refractivity contribution in [1.82, 2.24) is 5.32 Å². The molecule has 21 heavy (non-hydrogen) atoms. The third-order valence-corrected chi connectivity index (χ3v) is 4.05. The molecule has 0 aliphatic rings. The van der Waals surface area contributed by atoms with E-state index in [-0.39, 0.29) is 11.7 Å². The van der Waals surface area contributed by atoms with Gasteiger partial charge in [0.1, 0.15) is 5.82 Å². The number of rotatable bonds is 6. The third kappa shape index (κ3) is 4.44. The second-order valence-electron chi connectivity index (χ2n) is 4.97. The molecule has 1 N–H and O–H groups in total. The van der Waals surface area contributed by atoms with Gasteiger partial charge in [0.2, 0.25) is 0 Å². The fourth-order valence-corrected chi connectivity index (χ4v) is 2.86. The quantitative estimate of drug-likeness (QED) is 0.782. The van der Waals surface area contributed by atoms with Crippen molar-refractivity contribution >= 4 is 23.2 Å². The van der Waals surface area contributed by atoms with E-state index in [4.69, 9.17) is 23.2 Å². The van der Waals surface area contributed by atoms with E-state index in [2.05, 4.69) is 5.32 Å². The Balaban J connectivity index is 2.26. The van der Waals surface area contributed by atoms with E-state index in [0.29, 0.717) is 28.6 Å². The highest BCUT2D eigenvalue weighted by atomic mass is 35.5. The van der Waals surface area contributed by atoms with E-state index in [1.54, 1.807) is 12.1 Å².